The van der Waals surface area contributed by atoms with E-state index in [0.29, 0.717) is 28.6 Å². The van der Waals surface area contributed by atoms with Crippen LogP contribution in [0.15, 0.2) is 24.3 Å². The fourth-order valence-corrected chi connectivity index (χ4v) is 2.05. The maximum absolute atomic E-state index is 5.96. The lowest BCUT2D eigenvalue weighted by Gasteiger charge is -2.14. The summed E-state index contributed by atoms with van der Waals surface area (Å²) in [5.41, 5.74) is 0.998. The zero-order valence-corrected chi connectivity index (χ0v) is 12.4. The van der Waals surface area contributed by atoms with Crippen LogP contribution in [0.3, 0.4) is 0 Å². The molecule has 1 heterocycles. The van der Waals surface area contributed by atoms with Crippen molar-refractivity contribution in [2.75, 3.05) is 6.61 Å². The number of hydrogen-bond donors (Lipinski definition) is 0. The Balaban J connectivity index is 2.70. The Morgan fingerprint density at radius 2 is 1.94 bits per heavy atom. The molecule has 18 heavy (non-hydrogen) atoms. The van der Waals surface area contributed by atoms with Crippen LogP contribution in [-0.2, 0) is 3.79 Å². The molecule has 0 aliphatic heterocycles. The van der Waals surface area contributed by atoms with Crippen LogP contribution in [0, 0.1) is 0 Å². The van der Waals surface area contributed by atoms with Crippen LogP contribution in [0.2, 0.25) is 5.02 Å². The fraction of sp³-hybridized carbons (Fsp3) is 0.250. The first-order valence-corrected chi connectivity index (χ1v) is 6.73. The van der Waals surface area contributed by atoms with E-state index in [9.17, 15) is 0 Å². The monoisotopic (exact) mass is 323 g/mol. The lowest BCUT2D eigenvalue weighted by molar-refractivity contribution is 0.343. The summed E-state index contributed by atoms with van der Waals surface area (Å²) < 4.78 is 3.95. The first-order valence-electron chi connectivity index (χ1n) is 5.22. The first-order chi connectivity index (χ1) is 8.41. The summed E-state index contributed by atoms with van der Waals surface area (Å²) in [5, 5.41) is 1.40. The summed E-state index contributed by atoms with van der Waals surface area (Å²) in [6, 6.07) is 6.89. The van der Waals surface area contributed by atoms with Crippen molar-refractivity contribution in [2.24, 2.45) is 0 Å². The van der Waals surface area contributed by atoms with Crippen LogP contribution in [0.5, 0.6) is 5.75 Å². The van der Waals surface area contributed by atoms with E-state index in [4.69, 9.17) is 51.1 Å². The number of ether oxygens (including phenoxy) is 1. The number of halogens is 4. The van der Waals surface area contributed by atoms with Crippen molar-refractivity contribution in [2.45, 2.75) is 10.7 Å². The third kappa shape index (κ3) is 2.94. The Kier molecular flexibility index (Phi) is 4.12. The summed E-state index contributed by atoms with van der Waals surface area (Å²) in [7, 11) is 0. The van der Waals surface area contributed by atoms with Gasteiger partial charge in [0.05, 0.1) is 17.8 Å². The molecule has 2 aromatic rings. The van der Waals surface area contributed by atoms with Crippen molar-refractivity contribution >= 4 is 57.3 Å². The molecule has 6 heteroatoms. The Hall–Kier alpha value is -0.410. The van der Waals surface area contributed by atoms with Gasteiger partial charge in [-0.25, -0.2) is 4.98 Å². The number of pyridine rings is 1. The van der Waals surface area contributed by atoms with E-state index in [1.54, 1.807) is 24.3 Å². The fourth-order valence-electron chi connectivity index (χ4n) is 1.59. The van der Waals surface area contributed by atoms with Crippen molar-refractivity contribution in [1.82, 2.24) is 4.98 Å². The zero-order valence-electron chi connectivity index (χ0n) is 9.38. The Labute approximate surface area is 125 Å². The topological polar surface area (TPSA) is 22.1 Å². The number of aromatic nitrogens is 1. The first kappa shape index (κ1) is 14.0. The van der Waals surface area contributed by atoms with Gasteiger partial charge in [-0.2, -0.15) is 0 Å². The van der Waals surface area contributed by atoms with Gasteiger partial charge in [-0.05, 0) is 25.1 Å². The summed E-state index contributed by atoms with van der Waals surface area (Å²) in [4.78, 5) is 4.30. The summed E-state index contributed by atoms with van der Waals surface area (Å²) in [6.45, 7) is 2.39. The number of fused-ring (bicyclic) bond motifs is 1. The van der Waals surface area contributed by atoms with E-state index in [1.807, 2.05) is 6.92 Å². The number of rotatable bonds is 2. The second-order valence-electron chi connectivity index (χ2n) is 3.60. The van der Waals surface area contributed by atoms with Crippen molar-refractivity contribution < 1.29 is 4.74 Å². The number of hydrogen-bond acceptors (Lipinski definition) is 2. The van der Waals surface area contributed by atoms with E-state index < -0.39 is 3.79 Å². The molecule has 2 rings (SSSR count). The lowest BCUT2D eigenvalue weighted by Crippen LogP contribution is -2.05. The number of alkyl halides is 3. The molecule has 0 aliphatic rings. The van der Waals surface area contributed by atoms with Crippen LogP contribution >= 0.6 is 46.4 Å². The van der Waals surface area contributed by atoms with Crippen molar-refractivity contribution in [1.29, 1.82) is 0 Å². The van der Waals surface area contributed by atoms with Crippen molar-refractivity contribution in [3.05, 3.63) is 35.0 Å². The molecule has 0 saturated carbocycles. The molecule has 0 radical (unpaired) electrons. The van der Waals surface area contributed by atoms with Gasteiger partial charge in [0.25, 0.3) is 0 Å². The molecule has 0 fully saturated rings. The maximum atomic E-state index is 5.96. The molecule has 0 amide bonds. The van der Waals surface area contributed by atoms with Gasteiger partial charge in [-0.15, -0.1) is 0 Å². The van der Waals surface area contributed by atoms with Crippen LogP contribution in [0.4, 0.5) is 0 Å². The highest BCUT2D eigenvalue weighted by molar-refractivity contribution is 6.66. The highest BCUT2D eigenvalue weighted by Crippen LogP contribution is 2.40. The average molecular weight is 325 g/mol. The Morgan fingerprint density at radius 3 is 2.56 bits per heavy atom. The molecular formula is C12H9Cl4NO. The van der Waals surface area contributed by atoms with E-state index in [-0.39, 0.29) is 0 Å². The second kappa shape index (κ2) is 5.30. The van der Waals surface area contributed by atoms with Gasteiger partial charge >= 0.3 is 0 Å². The highest BCUT2D eigenvalue weighted by atomic mass is 35.6. The molecule has 0 aliphatic carbocycles. The largest absolute Gasteiger partial charge is 0.493 e. The Morgan fingerprint density at radius 1 is 1.22 bits per heavy atom. The normalized spacial score (nSPS) is 11.8. The number of nitrogens with zero attached hydrogens (tertiary/aromatic N) is 1. The smallest absolute Gasteiger partial charge is 0.232 e. The van der Waals surface area contributed by atoms with E-state index >= 15 is 0 Å². The lowest BCUT2D eigenvalue weighted by atomic mass is 10.2. The summed E-state index contributed by atoms with van der Waals surface area (Å²) in [6.07, 6.45) is 0. The zero-order chi connectivity index (χ0) is 13.3. The third-order valence-corrected chi connectivity index (χ3v) is 3.14. The minimum Gasteiger partial charge on any atom is -0.493 e. The molecule has 2 nitrogen and oxygen atoms in total. The predicted octanol–water partition coefficient (Wildman–Crippen LogP) is 5.11. The number of benzene rings is 1. The quantitative estimate of drug-likeness (QED) is 0.716. The standard InChI is InChI=1S/C12H9Cl4NO/c1-2-18-10-6-11(12(14,15)16)17-9-4-3-7(13)5-8(9)10/h3-6H,2H2,1H3. The molecule has 0 unspecified atom stereocenters. The molecule has 0 bridgehead atoms. The van der Waals surface area contributed by atoms with Gasteiger partial charge in [-0.1, -0.05) is 46.4 Å². The molecule has 1 aromatic carbocycles. The van der Waals surface area contributed by atoms with E-state index in [0.717, 1.165) is 5.39 Å². The minimum atomic E-state index is -1.58. The summed E-state index contributed by atoms with van der Waals surface area (Å²) >= 11 is 23.5. The van der Waals surface area contributed by atoms with Gasteiger partial charge in [0, 0.05) is 16.5 Å². The van der Waals surface area contributed by atoms with Crippen LogP contribution in [0.1, 0.15) is 12.6 Å². The van der Waals surface area contributed by atoms with E-state index in [2.05, 4.69) is 4.98 Å². The second-order valence-corrected chi connectivity index (χ2v) is 6.32. The van der Waals surface area contributed by atoms with Crippen LogP contribution in [-0.4, -0.2) is 11.6 Å². The van der Waals surface area contributed by atoms with Gasteiger partial charge in [0.15, 0.2) is 0 Å². The highest BCUT2D eigenvalue weighted by Gasteiger charge is 2.26. The van der Waals surface area contributed by atoms with Gasteiger partial charge < -0.3 is 4.74 Å². The van der Waals surface area contributed by atoms with Crippen LogP contribution < -0.4 is 4.74 Å². The molecule has 96 valence electrons. The van der Waals surface area contributed by atoms with Crippen LogP contribution in [0.25, 0.3) is 10.9 Å². The van der Waals surface area contributed by atoms with Gasteiger partial charge in [-0.3, -0.25) is 0 Å². The van der Waals surface area contributed by atoms with E-state index in [1.165, 1.54) is 0 Å². The van der Waals surface area contributed by atoms with Gasteiger partial charge in [0.1, 0.15) is 5.75 Å². The minimum absolute atomic E-state index is 0.325. The molecule has 0 atom stereocenters. The Bertz CT molecular complexity index is 580. The molecule has 1 aromatic heterocycles. The van der Waals surface area contributed by atoms with Crippen molar-refractivity contribution in [3.8, 4) is 5.75 Å². The van der Waals surface area contributed by atoms with Crippen molar-refractivity contribution in [3.63, 3.8) is 0 Å². The molecular weight excluding hydrogens is 316 g/mol. The SMILES string of the molecule is CCOc1cc(C(Cl)(Cl)Cl)nc2ccc(Cl)cc12. The maximum Gasteiger partial charge on any atom is 0.232 e. The summed E-state index contributed by atoms with van der Waals surface area (Å²) in [5.74, 6) is 0.603. The van der Waals surface area contributed by atoms with Gasteiger partial charge in [0.2, 0.25) is 3.79 Å². The molecule has 0 saturated heterocycles. The average Bonchev–Trinajstić information content (AvgIpc) is 2.28. The molecule has 0 spiro atoms. The molecule has 0 N–H and O–H groups in total. The third-order valence-electron chi connectivity index (χ3n) is 2.32. The predicted molar refractivity (Wildman–Crippen MR) is 77.2 cm³/mol.